The van der Waals surface area contributed by atoms with Gasteiger partial charge in [0.25, 0.3) is 0 Å². The molecule has 3 rings (SSSR count). The second kappa shape index (κ2) is 10.2. The average molecular weight is 501 g/mol. The predicted octanol–water partition coefficient (Wildman–Crippen LogP) is 6.82. The molecule has 0 bridgehead atoms. The van der Waals surface area contributed by atoms with Gasteiger partial charge in [-0.1, -0.05) is 60.2 Å². The molecule has 0 heterocycles. The number of carbonyl (C=O) groups is 1. The molecule has 0 aliphatic heterocycles. The summed E-state index contributed by atoms with van der Waals surface area (Å²) in [6.07, 6.45) is 6.65. The standard InChI is InChI=1S/C24H18ClIO2/c25-21-9-1-18(2-10-21)5-13-23(27)14-6-19-7-15-24(16-8-19)28-17-20-3-11-22(26)12-4-20/h1-16H,17H2/b13-5+,14-6+. The minimum absolute atomic E-state index is 0.0750. The Morgan fingerprint density at radius 3 is 1.93 bits per heavy atom. The van der Waals surface area contributed by atoms with Crippen molar-refractivity contribution in [2.24, 2.45) is 0 Å². The molecule has 0 aliphatic rings. The minimum Gasteiger partial charge on any atom is -0.489 e. The first kappa shape index (κ1) is 20.4. The van der Waals surface area contributed by atoms with Gasteiger partial charge in [0.2, 0.25) is 0 Å². The second-order valence-corrected chi connectivity index (χ2v) is 7.79. The van der Waals surface area contributed by atoms with E-state index in [9.17, 15) is 4.79 Å². The summed E-state index contributed by atoms with van der Waals surface area (Å²) >= 11 is 8.13. The van der Waals surface area contributed by atoms with Gasteiger partial charge in [-0.2, -0.15) is 0 Å². The van der Waals surface area contributed by atoms with Crippen molar-refractivity contribution in [3.05, 3.63) is 110 Å². The molecule has 28 heavy (non-hydrogen) atoms. The molecule has 0 saturated carbocycles. The van der Waals surface area contributed by atoms with E-state index in [2.05, 4.69) is 46.9 Å². The molecule has 2 nitrogen and oxygen atoms in total. The van der Waals surface area contributed by atoms with Crippen LogP contribution in [0.3, 0.4) is 0 Å². The Morgan fingerprint density at radius 1 is 0.821 bits per heavy atom. The normalized spacial score (nSPS) is 11.2. The van der Waals surface area contributed by atoms with Gasteiger partial charge in [0, 0.05) is 8.59 Å². The molecular weight excluding hydrogens is 483 g/mol. The summed E-state index contributed by atoms with van der Waals surface area (Å²) in [7, 11) is 0. The van der Waals surface area contributed by atoms with Gasteiger partial charge in [0.05, 0.1) is 0 Å². The van der Waals surface area contributed by atoms with E-state index >= 15 is 0 Å². The number of ketones is 1. The zero-order valence-electron chi connectivity index (χ0n) is 15.0. The van der Waals surface area contributed by atoms with Crippen LogP contribution < -0.4 is 4.74 Å². The van der Waals surface area contributed by atoms with Crippen molar-refractivity contribution in [3.8, 4) is 5.75 Å². The SMILES string of the molecule is O=C(/C=C/c1ccc(Cl)cc1)/C=C/c1ccc(OCc2ccc(I)cc2)cc1. The van der Waals surface area contributed by atoms with Gasteiger partial charge in [-0.25, -0.2) is 0 Å². The first-order valence-electron chi connectivity index (χ1n) is 8.71. The first-order chi connectivity index (χ1) is 13.6. The van der Waals surface area contributed by atoms with E-state index in [0.29, 0.717) is 11.6 Å². The zero-order chi connectivity index (χ0) is 19.8. The van der Waals surface area contributed by atoms with Crippen molar-refractivity contribution >= 4 is 52.1 Å². The summed E-state index contributed by atoms with van der Waals surface area (Å²) in [6, 6.07) is 23.2. The summed E-state index contributed by atoms with van der Waals surface area (Å²) in [4.78, 5) is 12.0. The van der Waals surface area contributed by atoms with Crippen LogP contribution in [0.1, 0.15) is 16.7 Å². The van der Waals surface area contributed by atoms with Crippen LogP contribution in [-0.2, 0) is 11.4 Å². The van der Waals surface area contributed by atoms with E-state index in [1.165, 1.54) is 9.65 Å². The van der Waals surface area contributed by atoms with E-state index in [1.54, 1.807) is 30.4 Å². The van der Waals surface area contributed by atoms with Crippen molar-refractivity contribution < 1.29 is 9.53 Å². The molecule has 3 aromatic carbocycles. The number of benzene rings is 3. The van der Waals surface area contributed by atoms with Crippen LogP contribution in [0.5, 0.6) is 5.75 Å². The number of hydrogen-bond donors (Lipinski definition) is 0. The quantitative estimate of drug-likeness (QED) is 0.263. The molecule has 140 valence electrons. The second-order valence-electron chi connectivity index (χ2n) is 6.10. The Hall–Kier alpha value is -2.37. The van der Waals surface area contributed by atoms with Crippen molar-refractivity contribution in [1.82, 2.24) is 0 Å². The number of carbonyl (C=O) groups excluding carboxylic acids is 1. The maximum atomic E-state index is 12.0. The third kappa shape index (κ3) is 6.66. The van der Waals surface area contributed by atoms with Crippen LogP contribution in [0.2, 0.25) is 5.02 Å². The van der Waals surface area contributed by atoms with Gasteiger partial charge in [0.15, 0.2) is 5.78 Å². The minimum atomic E-state index is -0.0750. The molecule has 0 aromatic heterocycles. The molecule has 0 N–H and O–H groups in total. The van der Waals surface area contributed by atoms with Gasteiger partial charge in [0.1, 0.15) is 12.4 Å². The monoisotopic (exact) mass is 500 g/mol. The Labute approximate surface area is 183 Å². The fraction of sp³-hybridized carbons (Fsp3) is 0.0417. The summed E-state index contributed by atoms with van der Waals surface area (Å²) in [6.45, 7) is 0.528. The van der Waals surface area contributed by atoms with Crippen molar-refractivity contribution in [3.63, 3.8) is 0 Å². The number of allylic oxidation sites excluding steroid dienone is 2. The van der Waals surface area contributed by atoms with Crippen LogP contribution in [0, 0.1) is 3.57 Å². The lowest BCUT2D eigenvalue weighted by atomic mass is 10.1. The van der Waals surface area contributed by atoms with Crippen LogP contribution >= 0.6 is 34.2 Å². The van der Waals surface area contributed by atoms with Gasteiger partial charge in [-0.05, 0) is 87.8 Å². The Morgan fingerprint density at radius 2 is 1.36 bits per heavy atom. The highest BCUT2D eigenvalue weighted by atomic mass is 127. The highest BCUT2D eigenvalue weighted by molar-refractivity contribution is 14.1. The summed E-state index contributed by atoms with van der Waals surface area (Å²) in [5.74, 6) is 0.721. The molecule has 4 heteroatoms. The number of hydrogen-bond acceptors (Lipinski definition) is 2. The van der Waals surface area contributed by atoms with Gasteiger partial charge >= 0.3 is 0 Å². The average Bonchev–Trinajstić information content (AvgIpc) is 2.72. The van der Waals surface area contributed by atoms with Gasteiger partial charge < -0.3 is 4.74 Å². The fourth-order valence-electron chi connectivity index (χ4n) is 2.41. The van der Waals surface area contributed by atoms with Crippen LogP contribution in [0.15, 0.2) is 84.9 Å². The Bertz CT molecular complexity index is 973. The van der Waals surface area contributed by atoms with E-state index in [1.807, 2.05) is 36.4 Å². The fourth-order valence-corrected chi connectivity index (χ4v) is 2.89. The smallest absolute Gasteiger partial charge is 0.178 e. The molecule has 0 radical (unpaired) electrons. The topological polar surface area (TPSA) is 26.3 Å². The van der Waals surface area contributed by atoms with Crippen molar-refractivity contribution in [2.75, 3.05) is 0 Å². The molecule has 0 unspecified atom stereocenters. The summed E-state index contributed by atoms with van der Waals surface area (Å²) in [5.41, 5.74) is 3.00. The number of halogens is 2. The van der Waals surface area contributed by atoms with E-state index in [4.69, 9.17) is 16.3 Å². The lowest BCUT2D eigenvalue weighted by molar-refractivity contribution is -0.110. The first-order valence-corrected chi connectivity index (χ1v) is 10.2. The van der Waals surface area contributed by atoms with Crippen molar-refractivity contribution in [1.29, 1.82) is 0 Å². The summed E-state index contributed by atoms with van der Waals surface area (Å²) in [5, 5.41) is 0.675. The van der Waals surface area contributed by atoms with E-state index in [-0.39, 0.29) is 5.78 Å². The number of rotatable bonds is 7. The largest absolute Gasteiger partial charge is 0.489 e. The molecule has 0 saturated heterocycles. The van der Waals surface area contributed by atoms with Crippen molar-refractivity contribution in [2.45, 2.75) is 6.61 Å². The highest BCUT2D eigenvalue weighted by Gasteiger charge is 1.97. The van der Waals surface area contributed by atoms with E-state index in [0.717, 1.165) is 22.4 Å². The molecule has 0 spiro atoms. The maximum absolute atomic E-state index is 12.0. The zero-order valence-corrected chi connectivity index (χ0v) is 17.9. The van der Waals surface area contributed by atoms with Gasteiger partial charge in [-0.15, -0.1) is 0 Å². The molecule has 0 atom stereocenters. The Kier molecular flexibility index (Phi) is 7.46. The lowest BCUT2D eigenvalue weighted by Crippen LogP contribution is -1.95. The maximum Gasteiger partial charge on any atom is 0.178 e. The summed E-state index contributed by atoms with van der Waals surface area (Å²) < 4.78 is 7.00. The van der Waals surface area contributed by atoms with Crippen LogP contribution in [0.25, 0.3) is 12.2 Å². The Balaban J connectivity index is 1.52. The van der Waals surface area contributed by atoms with Gasteiger partial charge in [-0.3, -0.25) is 4.79 Å². The third-order valence-electron chi connectivity index (χ3n) is 3.95. The molecular formula is C24H18ClIO2. The molecule has 0 amide bonds. The molecule has 3 aromatic rings. The third-order valence-corrected chi connectivity index (χ3v) is 4.92. The molecule has 0 aliphatic carbocycles. The van der Waals surface area contributed by atoms with Crippen LogP contribution in [-0.4, -0.2) is 5.78 Å². The molecule has 0 fully saturated rings. The van der Waals surface area contributed by atoms with E-state index < -0.39 is 0 Å². The highest BCUT2D eigenvalue weighted by Crippen LogP contribution is 2.16. The predicted molar refractivity (Wildman–Crippen MR) is 124 cm³/mol. The lowest BCUT2D eigenvalue weighted by Gasteiger charge is -2.06. The number of ether oxygens (including phenoxy) is 1. The van der Waals surface area contributed by atoms with Crippen LogP contribution in [0.4, 0.5) is 0 Å².